The number of aliphatic carboxylic acids is 1. The number of amides is 3. The van der Waals surface area contributed by atoms with E-state index in [-0.39, 0.29) is 64.1 Å². The summed E-state index contributed by atoms with van der Waals surface area (Å²) in [5, 5.41) is 28.1. The number of nitrogens with zero attached hydrogens (tertiary/aromatic N) is 4. The van der Waals surface area contributed by atoms with Crippen molar-refractivity contribution < 1.29 is 47.3 Å². The van der Waals surface area contributed by atoms with Crippen LogP contribution in [0.5, 0.6) is 5.75 Å². The van der Waals surface area contributed by atoms with Crippen LogP contribution in [-0.4, -0.2) is 104 Å². The Morgan fingerprint density at radius 2 is 1.76 bits per heavy atom. The van der Waals surface area contributed by atoms with Crippen molar-refractivity contribution in [3.8, 4) is 16.2 Å². The van der Waals surface area contributed by atoms with Crippen LogP contribution in [0.15, 0.2) is 85.7 Å². The van der Waals surface area contributed by atoms with Gasteiger partial charge in [0.1, 0.15) is 33.6 Å². The predicted octanol–water partition coefficient (Wildman–Crippen LogP) is 7.22. The SMILES string of the molecule is C=C(O)c1sc(-c2cccc(N[C@H]3CCN(S(=O)(=O)Cc4cccc(NC(=O)OC5CN(c6ccc7c(c6)N(C)C(=C)N7C6CCC(=O)NC6=O)C5)c4)C(C)(C)C3)c2)c(Cl)c1OCC(=O)O. The largest absolute Gasteiger partial charge is 0.507 e. The van der Waals surface area contributed by atoms with Crippen molar-refractivity contribution in [2.24, 2.45) is 0 Å². The molecule has 3 saturated heterocycles. The van der Waals surface area contributed by atoms with Crippen molar-refractivity contribution >= 4 is 91.0 Å². The van der Waals surface area contributed by atoms with Gasteiger partial charge >= 0.3 is 12.1 Å². The average Bonchev–Trinajstić information content (AvgIpc) is 3.69. The molecule has 0 aliphatic carbocycles. The molecule has 0 saturated carbocycles. The van der Waals surface area contributed by atoms with Crippen LogP contribution in [0.3, 0.4) is 0 Å². The van der Waals surface area contributed by atoms with Gasteiger partial charge in [-0.25, -0.2) is 18.0 Å². The Bertz CT molecular complexity index is 2760. The number of aliphatic hydroxyl groups is 1. The van der Waals surface area contributed by atoms with E-state index in [1.807, 2.05) is 73.2 Å². The number of aliphatic hydroxyl groups excluding tert-OH is 1. The van der Waals surface area contributed by atoms with Gasteiger partial charge in [0, 0.05) is 48.7 Å². The molecule has 17 nitrogen and oxygen atoms in total. The van der Waals surface area contributed by atoms with Gasteiger partial charge in [0.2, 0.25) is 21.8 Å². The van der Waals surface area contributed by atoms with Crippen LogP contribution < -0.4 is 35.4 Å². The summed E-state index contributed by atoms with van der Waals surface area (Å²) in [7, 11) is -1.92. The fourth-order valence-corrected chi connectivity index (χ4v) is 12.4. The van der Waals surface area contributed by atoms with Crippen LogP contribution in [0.4, 0.5) is 33.2 Å². The van der Waals surface area contributed by atoms with Gasteiger partial charge in [-0.15, -0.1) is 11.3 Å². The lowest BCUT2D eigenvalue weighted by molar-refractivity contribution is -0.139. The monoisotopic (exact) mass is 959 g/mol. The summed E-state index contributed by atoms with van der Waals surface area (Å²) < 4.78 is 40.6. The Labute approximate surface area is 391 Å². The summed E-state index contributed by atoms with van der Waals surface area (Å²) in [5.41, 5.74) is 4.24. The molecule has 2 atom stereocenters. The minimum Gasteiger partial charge on any atom is -0.507 e. The smallest absolute Gasteiger partial charge is 0.412 e. The molecule has 5 heterocycles. The van der Waals surface area contributed by atoms with Gasteiger partial charge in [-0.2, -0.15) is 4.31 Å². The van der Waals surface area contributed by atoms with E-state index in [2.05, 4.69) is 34.0 Å². The third-order valence-electron chi connectivity index (χ3n) is 12.1. The highest BCUT2D eigenvalue weighted by Crippen LogP contribution is 2.48. The molecule has 0 bridgehead atoms. The minimum absolute atomic E-state index is 0.0428. The first-order valence-electron chi connectivity index (χ1n) is 21.2. The number of nitrogens with one attached hydrogen (secondary N) is 3. The number of hydrogen-bond donors (Lipinski definition) is 5. The topological polar surface area (TPSA) is 210 Å². The number of rotatable bonds is 14. The van der Waals surface area contributed by atoms with Gasteiger partial charge in [-0.05, 0) is 86.7 Å². The first-order valence-corrected chi connectivity index (χ1v) is 24.0. The number of carboxylic acid groups (broad SMARTS) is 1. The second-order valence-corrected chi connectivity index (χ2v) is 20.6. The fourth-order valence-electron chi connectivity index (χ4n) is 8.99. The average molecular weight is 961 g/mol. The maximum atomic E-state index is 14.0. The molecule has 4 aliphatic heterocycles. The van der Waals surface area contributed by atoms with Gasteiger partial charge in [0.25, 0.3) is 0 Å². The molecule has 3 amide bonds. The van der Waals surface area contributed by atoms with Crippen molar-refractivity contribution in [1.29, 1.82) is 0 Å². The number of thiophene rings is 1. The normalized spacial score (nSPS) is 19.8. The maximum absolute atomic E-state index is 14.0. The number of carbonyl (C=O) groups excluding carboxylic acids is 3. The number of benzene rings is 3. The lowest BCUT2D eigenvalue weighted by Crippen LogP contribution is -2.55. The summed E-state index contributed by atoms with van der Waals surface area (Å²) in [6.07, 6.45) is 0.660. The molecule has 66 heavy (non-hydrogen) atoms. The van der Waals surface area contributed by atoms with Crippen LogP contribution >= 0.6 is 22.9 Å². The molecule has 3 fully saturated rings. The number of fused-ring (bicyclic) bond motifs is 1. The van der Waals surface area contributed by atoms with Crippen molar-refractivity contribution in [3.05, 3.63) is 101 Å². The number of carbonyl (C=O) groups is 4. The Morgan fingerprint density at radius 3 is 2.47 bits per heavy atom. The fraction of sp³-hybridized carbons (Fsp3) is 0.348. The molecule has 20 heteroatoms. The summed E-state index contributed by atoms with van der Waals surface area (Å²) in [6, 6.07) is 19.4. The van der Waals surface area contributed by atoms with Gasteiger partial charge < -0.3 is 39.7 Å². The zero-order valence-corrected chi connectivity index (χ0v) is 38.9. The third kappa shape index (κ3) is 9.51. The van der Waals surface area contributed by atoms with Gasteiger partial charge in [0.05, 0.1) is 35.1 Å². The molecule has 0 spiro atoms. The van der Waals surface area contributed by atoms with E-state index in [1.165, 1.54) is 0 Å². The number of anilines is 5. The number of halogens is 1. The van der Waals surface area contributed by atoms with Crippen LogP contribution in [0.25, 0.3) is 16.2 Å². The first kappa shape index (κ1) is 46.3. The number of piperidine rings is 2. The van der Waals surface area contributed by atoms with E-state index in [0.717, 1.165) is 34.1 Å². The molecule has 348 valence electrons. The molecule has 4 aromatic rings. The van der Waals surface area contributed by atoms with Crippen LogP contribution in [0.2, 0.25) is 5.02 Å². The summed E-state index contributed by atoms with van der Waals surface area (Å²) in [5.74, 6) is -1.71. The van der Waals surface area contributed by atoms with E-state index in [0.29, 0.717) is 59.9 Å². The third-order valence-corrected chi connectivity index (χ3v) is 15.9. The van der Waals surface area contributed by atoms with Crippen LogP contribution in [-0.2, 0) is 34.9 Å². The van der Waals surface area contributed by atoms with Crippen LogP contribution in [0.1, 0.15) is 50.0 Å². The van der Waals surface area contributed by atoms with E-state index in [4.69, 9.17) is 26.2 Å². The van der Waals surface area contributed by atoms with Crippen LogP contribution in [0, 0.1) is 0 Å². The van der Waals surface area contributed by atoms with Gasteiger partial charge in [-0.3, -0.25) is 20.2 Å². The second-order valence-electron chi connectivity index (χ2n) is 17.3. The van der Waals surface area contributed by atoms with Crippen molar-refractivity contribution in [3.63, 3.8) is 0 Å². The Balaban J connectivity index is 0.835. The number of hydrogen-bond acceptors (Lipinski definition) is 14. The van der Waals surface area contributed by atoms with E-state index in [9.17, 15) is 32.7 Å². The lowest BCUT2D eigenvalue weighted by atomic mass is 9.89. The lowest BCUT2D eigenvalue weighted by Gasteiger charge is -2.45. The Kier molecular flexibility index (Phi) is 12.7. The van der Waals surface area contributed by atoms with E-state index in [1.54, 1.807) is 28.6 Å². The molecular formula is C46H50ClN7O10S2. The highest BCUT2D eigenvalue weighted by Gasteiger charge is 2.43. The van der Waals surface area contributed by atoms with E-state index >= 15 is 0 Å². The summed E-state index contributed by atoms with van der Waals surface area (Å²) >= 11 is 7.75. The van der Waals surface area contributed by atoms with Crippen molar-refractivity contribution in [1.82, 2.24) is 9.62 Å². The van der Waals surface area contributed by atoms with Crippen molar-refractivity contribution in [2.45, 2.75) is 69.0 Å². The highest BCUT2D eigenvalue weighted by atomic mass is 35.5. The van der Waals surface area contributed by atoms with Gasteiger partial charge in [0.15, 0.2) is 12.4 Å². The molecule has 8 rings (SSSR count). The highest BCUT2D eigenvalue weighted by molar-refractivity contribution is 7.88. The second kappa shape index (κ2) is 18.2. The molecule has 4 aliphatic rings. The number of sulfonamides is 1. The molecule has 5 N–H and O–H groups in total. The zero-order valence-electron chi connectivity index (χ0n) is 36.5. The number of carboxylic acids is 1. The summed E-state index contributed by atoms with van der Waals surface area (Å²) in [4.78, 5) is 55.2. The number of imide groups is 1. The molecular weight excluding hydrogens is 910 g/mol. The van der Waals surface area contributed by atoms with E-state index < -0.39 is 40.3 Å². The summed E-state index contributed by atoms with van der Waals surface area (Å²) in [6.45, 7) is 12.1. The quantitative estimate of drug-likeness (QED) is 0.0625. The molecule has 3 aromatic carbocycles. The Morgan fingerprint density at radius 1 is 1.02 bits per heavy atom. The Hall–Kier alpha value is -6.28. The molecule has 1 aromatic heterocycles. The van der Waals surface area contributed by atoms with Gasteiger partial charge in [-0.1, -0.05) is 49.0 Å². The molecule has 0 radical (unpaired) electrons. The minimum atomic E-state index is -3.80. The predicted molar refractivity (Wildman–Crippen MR) is 255 cm³/mol. The molecule has 1 unspecified atom stereocenters. The first-order chi connectivity index (χ1) is 31.3. The standard InChI is InChI=1S/C46H50ClN7O10S2/c1-26(55)42-41(63-24-39(57)58)40(47)43(65-42)29-9-7-11-31(19-29)48-32-16-17-53(46(3,4)21-32)66(61,62)25-28-8-6-10-30(18-28)49-45(60)64-34-22-52(23-34)33-12-13-35-37(20-33)51(5)27(2)54(35)36-14-15-38(56)50-44(36)59/h6-13,18-20,32,34,36,48,55H,1-2,14-17,21-25H2,3-5H3,(H,49,60)(H,57,58)(H,50,56,59)/t32-,36?/m0/s1. The van der Waals surface area contributed by atoms with Crippen molar-refractivity contribution in [2.75, 3.05) is 58.6 Å². The zero-order chi connectivity index (χ0) is 47.2. The maximum Gasteiger partial charge on any atom is 0.412 e. The number of ether oxygens (including phenoxy) is 2.